The smallest absolute Gasteiger partial charge is 0.292 e. The summed E-state index contributed by atoms with van der Waals surface area (Å²) in [7, 11) is 2.99. The molecule has 246 valence electrons. The van der Waals surface area contributed by atoms with Crippen molar-refractivity contribution < 1.29 is 33.6 Å². The third kappa shape index (κ3) is 6.65. The molecular formula is C35H33N5O8. The largest absolute Gasteiger partial charge is 0.495 e. The van der Waals surface area contributed by atoms with Gasteiger partial charge in [0.05, 0.1) is 46.7 Å². The van der Waals surface area contributed by atoms with E-state index in [2.05, 4.69) is 5.32 Å². The van der Waals surface area contributed by atoms with Crippen LogP contribution in [-0.4, -0.2) is 60.8 Å². The molecule has 0 fully saturated rings. The summed E-state index contributed by atoms with van der Waals surface area (Å²) in [6.07, 6.45) is 1.10. The highest BCUT2D eigenvalue weighted by molar-refractivity contribution is 6.21. The third-order valence-corrected chi connectivity index (χ3v) is 7.91. The predicted molar refractivity (Wildman–Crippen MR) is 179 cm³/mol. The molecule has 0 unspecified atom stereocenters. The number of methoxy groups -OCH3 is 1. The Kier molecular flexibility index (Phi) is 9.69. The van der Waals surface area contributed by atoms with Crippen molar-refractivity contribution in [2.45, 2.75) is 19.8 Å². The first-order chi connectivity index (χ1) is 23.0. The lowest BCUT2D eigenvalue weighted by Gasteiger charge is -2.22. The first-order valence-electron chi connectivity index (χ1n) is 15.0. The maximum atomic E-state index is 13.6. The van der Waals surface area contributed by atoms with Gasteiger partial charge in [-0.3, -0.25) is 34.2 Å². The molecule has 13 nitrogen and oxygen atoms in total. The Morgan fingerprint density at radius 3 is 2.31 bits per heavy atom. The number of hydrogen-bond acceptors (Lipinski definition) is 9. The van der Waals surface area contributed by atoms with Crippen LogP contribution >= 0.6 is 0 Å². The van der Waals surface area contributed by atoms with Gasteiger partial charge in [0.2, 0.25) is 0 Å². The highest BCUT2D eigenvalue weighted by Gasteiger charge is 2.34. The van der Waals surface area contributed by atoms with E-state index in [1.54, 1.807) is 37.4 Å². The summed E-state index contributed by atoms with van der Waals surface area (Å²) < 4.78 is 11.5. The van der Waals surface area contributed by atoms with E-state index in [-0.39, 0.29) is 58.2 Å². The Morgan fingerprint density at radius 2 is 1.65 bits per heavy atom. The summed E-state index contributed by atoms with van der Waals surface area (Å²) in [4.78, 5) is 65.0. The van der Waals surface area contributed by atoms with Gasteiger partial charge in [-0.25, -0.2) is 0 Å². The Labute approximate surface area is 276 Å². The zero-order chi connectivity index (χ0) is 34.5. The SMILES string of the molecule is COc1cc(C(=O)N(C)c2ccc(C)cc2OCCCCN2C(=O)c3ccccc3C2=O)ccc1NC(=O)c1cccc([N+](=O)[O-])c1N. The fraction of sp³-hybridized carbons (Fsp3) is 0.200. The van der Waals surface area contributed by atoms with E-state index in [9.17, 15) is 29.3 Å². The highest BCUT2D eigenvalue weighted by atomic mass is 16.6. The number of rotatable bonds is 12. The van der Waals surface area contributed by atoms with Crippen molar-refractivity contribution in [2.24, 2.45) is 0 Å². The molecule has 48 heavy (non-hydrogen) atoms. The standard InChI is InChI=1S/C35H33N5O8/c1-21-13-16-27(30(19-21)48-18-7-6-17-39-34(43)23-9-4-5-10-24(23)35(39)44)38(2)33(42)22-14-15-26(29(20-22)47-3)37-32(41)25-11-8-12-28(31(25)36)40(45)46/h4-5,8-16,19-20H,6-7,17-18,36H2,1-3H3,(H,37,41). The van der Waals surface area contributed by atoms with Crippen LogP contribution in [0.15, 0.2) is 78.9 Å². The number of anilines is 3. The average Bonchev–Trinajstić information content (AvgIpc) is 3.32. The summed E-state index contributed by atoms with van der Waals surface area (Å²) >= 11 is 0. The number of nitrogens with two attached hydrogens (primary N) is 1. The fourth-order valence-corrected chi connectivity index (χ4v) is 5.34. The zero-order valence-electron chi connectivity index (χ0n) is 26.5. The van der Waals surface area contributed by atoms with E-state index in [4.69, 9.17) is 15.2 Å². The number of aryl methyl sites for hydroxylation is 1. The van der Waals surface area contributed by atoms with E-state index in [1.807, 2.05) is 19.1 Å². The number of nitrogens with one attached hydrogen (secondary N) is 1. The van der Waals surface area contributed by atoms with E-state index in [0.29, 0.717) is 42.0 Å². The summed E-state index contributed by atoms with van der Waals surface area (Å²) in [6, 6.07) is 20.6. The summed E-state index contributed by atoms with van der Waals surface area (Å²) in [6.45, 7) is 2.46. The number of carbonyl (C=O) groups is 4. The molecule has 0 saturated carbocycles. The quantitative estimate of drug-likeness (QED) is 0.0661. The molecule has 0 aliphatic carbocycles. The highest BCUT2D eigenvalue weighted by Crippen LogP contribution is 2.33. The molecule has 0 atom stereocenters. The first kappa shape index (κ1) is 33.1. The number of nitro benzene ring substituents is 1. The van der Waals surface area contributed by atoms with Gasteiger partial charge in [0, 0.05) is 25.2 Å². The average molecular weight is 652 g/mol. The first-order valence-corrected chi connectivity index (χ1v) is 15.0. The van der Waals surface area contributed by atoms with Crippen LogP contribution in [0.25, 0.3) is 0 Å². The van der Waals surface area contributed by atoms with Gasteiger partial charge in [-0.15, -0.1) is 0 Å². The second-order valence-electron chi connectivity index (χ2n) is 11.1. The molecule has 4 amide bonds. The van der Waals surface area contributed by atoms with Crippen molar-refractivity contribution in [2.75, 3.05) is 43.3 Å². The number of nitrogen functional groups attached to an aromatic ring is 1. The van der Waals surface area contributed by atoms with Crippen molar-refractivity contribution in [3.05, 3.63) is 117 Å². The number of nitro groups is 1. The lowest BCUT2D eigenvalue weighted by molar-refractivity contribution is -0.383. The molecular weight excluding hydrogens is 618 g/mol. The molecule has 0 aromatic heterocycles. The molecule has 1 aliphatic heterocycles. The van der Waals surface area contributed by atoms with Crippen LogP contribution in [0.4, 0.5) is 22.7 Å². The van der Waals surface area contributed by atoms with Gasteiger partial charge in [-0.1, -0.05) is 24.3 Å². The van der Waals surface area contributed by atoms with Crippen molar-refractivity contribution in [1.82, 2.24) is 4.90 Å². The van der Waals surface area contributed by atoms with E-state index < -0.39 is 10.8 Å². The van der Waals surface area contributed by atoms with Crippen LogP contribution in [0.1, 0.15) is 59.8 Å². The van der Waals surface area contributed by atoms with Gasteiger partial charge in [-0.2, -0.15) is 0 Å². The van der Waals surface area contributed by atoms with Crippen LogP contribution in [0.2, 0.25) is 0 Å². The third-order valence-electron chi connectivity index (χ3n) is 7.91. The van der Waals surface area contributed by atoms with Crippen LogP contribution in [0, 0.1) is 17.0 Å². The van der Waals surface area contributed by atoms with Crippen LogP contribution in [0.3, 0.4) is 0 Å². The number of fused-ring (bicyclic) bond motifs is 1. The molecule has 0 bridgehead atoms. The Bertz CT molecular complexity index is 1910. The molecule has 13 heteroatoms. The summed E-state index contributed by atoms with van der Waals surface area (Å²) in [5.74, 6) is -0.986. The van der Waals surface area contributed by atoms with E-state index in [0.717, 1.165) is 5.56 Å². The molecule has 5 rings (SSSR count). The molecule has 0 radical (unpaired) electrons. The van der Waals surface area contributed by atoms with Gasteiger partial charge in [0.25, 0.3) is 29.3 Å². The van der Waals surface area contributed by atoms with Gasteiger partial charge < -0.3 is 25.4 Å². The van der Waals surface area contributed by atoms with E-state index in [1.165, 1.54) is 53.3 Å². The van der Waals surface area contributed by atoms with Gasteiger partial charge in [0.15, 0.2) is 0 Å². The fourth-order valence-electron chi connectivity index (χ4n) is 5.34. The predicted octanol–water partition coefficient (Wildman–Crippen LogP) is 5.48. The number of benzene rings is 4. The number of para-hydroxylation sites is 1. The van der Waals surface area contributed by atoms with Crippen LogP contribution < -0.4 is 25.4 Å². The monoisotopic (exact) mass is 651 g/mol. The van der Waals surface area contributed by atoms with Crippen molar-refractivity contribution in [3.63, 3.8) is 0 Å². The van der Waals surface area contributed by atoms with Crippen molar-refractivity contribution in [3.8, 4) is 11.5 Å². The number of unbranched alkanes of at least 4 members (excludes halogenated alkanes) is 1. The topological polar surface area (TPSA) is 174 Å². The lowest BCUT2D eigenvalue weighted by Crippen LogP contribution is -2.30. The molecule has 1 aliphatic rings. The molecule has 4 aromatic rings. The van der Waals surface area contributed by atoms with E-state index >= 15 is 0 Å². The number of amides is 4. The number of ether oxygens (including phenoxy) is 2. The molecule has 0 saturated heterocycles. The molecule has 0 spiro atoms. The summed E-state index contributed by atoms with van der Waals surface area (Å²) in [5.41, 5.74) is 7.88. The van der Waals surface area contributed by atoms with Crippen LogP contribution in [0.5, 0.6) is 11.5 Å². The minimum absolute atomic E-state index is 0.0818. The summed E-state index contributed by atoms with van der Waals surface area (Å²) in [5, 5.41) is 13.9. The minimum atomic E-state index is -0.684. The Hall–Kier alpha value is -6.24. The normalized spacial score (nSPS) is 12.0. The zero-order valence-corrected chi connectivity index (χ0v) is 26.5. The number of nitrogens with zero attached hydrogens (tertiary/aromatic N) is 3. The maximum absolute atomic E-state index is 13.6. The van der Waals surface area contributed by atoms with Gasteiger partial charge >= 0.3 is 0 Å². The second-order valence-corrected chi connectivity index (χ2v) is 11.1. The molecule has 4 aromatic carbocycles. The van der Waals surface area contributed by atoms with Crippen molar-refractivity contribution >= 4 is 46.4 Å². The molecule has 3 N–H and O–H groups in total. The number of carbonyl (C=O) groups excluding carboxylic acids is 4. The second kappa shape index (κ2) is 14.0. The van der Waals surface area contributed by atoms with Gasteiger partial charge in [-0.05, 0) is 73.9 Å². The van der Waals surface area contributed by atoms with Crippen molar-refractivity contribution in [1.29, 1.82) is 0 Å². The molecule has 1 heterocycles. The Balaban J connectivity index is 1.23. The van der Waals surface area contributed by atoms with Gasteiger partial charge in [0.1, 0.15) is 17.2 Å². The minimum Gasteiger partial charge on any atom is -0.495 e. The van der Waals surface area contributed by atoms with Crippen LogP contribution in [-0.2, 0) is 0 Å². The number of imide groups is 1. The maximum Gasteiger partial charge on any atom is 0.292 e. The lowest BCUT2D eigenvalue weighted by atomic mass is 10.1. The Morgan fingerprint density at radius 1 is 0.938 bits per heavy atom. The number of hydrogen-bond donors (Lipinski definition) is 2.